The third-order valence-corrected chi connectivity index (χ3v) is 5.83. The van der Waals surface area contributed by atoms with Gasteiger partial charge >= 0.3 is 6.09 Å². The molecule has 4 rings (SSSR count). The van der Waals surface area contributed by atoms with Gasteiger partial charge in [0.25, 0.3) is 0 Å². The van der Waals surface area contributed by atoms with Crippen molar-refractivity contribution in [2.75, 3.05) is 31.1 Å². The monoisotopic (exact) mass is 482 g/mol. The molecule has 0 N–H and O–H groups in total. The van der Waals surface area contributed by atoms with Gasteiger partial charge in [0.15, 0.2) is 0 Å². The van der Waals surface area contributed by atoms with Gasteiger partial charge in [-0.05, 0) is 63.6 Å². The zero-order chi connectivity index (χ0) is 22.2. The number of hydrogen-bond acceptors (Lipinski definition) is 5. The molecule has 0 spiro atoms. The van der Waals surface area contributed by atoms with Gasteiger partial charge in [0.05, 0.1) is 11.2 Å². The molecule has 7 heteroatoms. The Morgan fingerprint density at radius 2 is 1.77 bits per heavy atom. The van der Waals surface area contributed by atoms with Crippen LogP contribution in [0, 0.1) is 6.92 Å². The van der Waals surface area contributed by atoms with Crippen molar-refractivity contribution in [1.29, 1.82) is 0 Å². The van der Waals surface area contributed by atoms with Gasteiger partial charge in [-0.3, -0.25) is 0 Å². The van der Waals surface area contributed by atoms with Gasteiger partial charge in [0.1, 0.15) is 11.9 Å². The van der Waals surface area contributed by atoms with E-state index >= 15 is 0 Å². The van der Waals surface area contributed by atoms with E-state index < -0.39 is 5.60 Å². The lowest BCUT2D eigenvalue weighted by Crippen LogP contribution is -2.50. The van der Waals surface area contributed by atoms with Crippen LogP contribution in [-0.2, 0) is 4.74 Å². The van der Waals surface area contributed by atoms with Crippen LogP contribution in [-0.4, -0.2) is 52.7 Å². The number of hydrogen-bond donors (Lipinski definition) is 0. The number of anilines is 1. The highest BCUT2D eigenvalue weighted by Gasteiger charge is 2.26. The maximum absolute atomic E-state index is 12.3. The Kier molecular flexibility index (Phi) is 5.88. The third kappa shape index (κ3) is 4.82. The number of rotatable bonds is 2. The number of fused-ring (bicyclic) bond motifs is 1. The Bertz CT molecular complexity index is 1120. The Hall–Kier alpha value is -2.67. The molecule has 1 fully saturated rings. The molecule has 1 aliphatic heterocycles. The summed E-state index contributed by atoms with van der Waals surface area (Å²) in [6, 6.07) is 12.5. The van der Waals surface area contributed by atoms with Crippen LogP contribution in [0.2, 0.25) is 0 Å². The number of piperazine rings is 1. The Balaban J connectivity index is 1.52. The molecule has 6 nitrogen and oxygen atoms in total. The predicted octanol–water partition coefficient (Wildman–Crippen LogP) is 5.42. The summed E-state index contributed by atoms with van der Waals surface area (Å²) in [4.78, 5) is 25.4. The molecular formula is C24H27BrN4O2. The van der Waals surface area contributed by atoms with E-state index in [0.717, 1.165) is 39.7 Å². The summed E-state index contributed by atoms with van der Waals surface area (Å²) >= 11 is 3.55. The van der Waals surface area contributed by atoms with E-state index in [0.29, 0.717) is 13.1 Å². The molecule has 0 aliphatic carbocycles. The number of aryl methyl sites for hydroxylation is 1. The van der Waals surface area contributed by atoms with E-state index in [2.05, 4.69) is 62.0 Å². The van der Waals surface area contributed by atoms with Gasteiger partial charge < -0.3 is 14.5 Å². The van der Waals surface area contributed by atoms with Crippen LogP contribution in [0.3, 0.4) is 0 Å². The van der Waals surface area contributed by atoms with Gasteiger partial charge in [-0.2, -0.15) is 0 Å². The Labute approximate surface area is 191 Å². The normalized spacial score (nSPS) is 14.7. The summed E-state index contributed by atoms with van der Waals surface area (Å²) in [5, 5.41) is 1.02. The summed E-state index contributed by atoms with van der Waals surface area (Å²) in [6.07, 6.45) is 1.38. The minimum atomic E-state index is -0.471. The van der Waals surface area contributed by atoms with Gasteiger partial charge in [0, 0.05) is 47.3 Å². The summed E-state index contributed by atoms with van der Waals surface area (Å²) in [6.45, 7) is 10.7. The van der Waals surface area contributed by atoms with Crippen molar-refractivity contribution in [3.05, 3.63) is 52.8 Å². The maximum Gasteiger partial charge on any atom is 0.410 e. The molecule has 0 unspecified atom stereocenters. The van der Waals surface area contributed by atoms with Crippen molar-refractivity contribution in [3.8, 4) is 11.3 Å². The van der Waals surface area contributed by atoms with Gasteiger partial charge in [-0.25, -0.2) is 14.8 Å². The molecule has 1 aromatic heterocycles. The lowest BCUT2D eigenvalue weighted by molar-refractivity contribution is 0.0240. The fraction of sp³-hybridized carbons (Fsp3) is 0.375. The molecule has 162 valence electrons. The largest absolute Gasteiger partial charge is 0.444 e. The molecule has 31 heavy (non-hydrogen) atoms. The van der Waals surface area contributed by atoms with Crippen molar-refractivity contribution < 1.29 is 9.53 Å². The average Bonchev–Trinajstić information content (AvgIpc) is 2.72. The predicted molar refractivity (Wildman–Crippen MR) is 127 cm³/mol. The molecule has 2 heterocycles. The molecule has 0 saturated carbocycles. The van der Waals surface area contributed by atoms with Crippen LogP contribution in [0.25, 0.3) is 22.2 Å². The van der Waals surface area contributed by atoms with E-state index in [4.69, 9.17) is 4.74 Å². The number of aromatic nitrogens is 2. The highest BCUT2D eigenvalue weighted by Crippen LogP contribution is 2.31. The zero-order valence-corrected chi connectivity index (χ0v) is 19.9. The second kappa shape index (κ2) is 8.46. The SMILES string of the molecule is Cc1cc(-c2ncnc3ccc(Br)cc23)ccc1N1CCN(C(=O)OC(C)(C)C)CC1. The highest BCUT2D eigenvalue weighted by molar-refractivity contribution is 9.10. The van der Waals surface area contributed by atoms with E-state index in [1.165, 1.54) is 11.3 Å². The van der Waals surface area contributed by atoms with E-state index in [1.807, 2.05) is 32.9 Å². The minimum Gasteiger partial charge on any atom is -0.444 e. The number of amides is 1. The molecule has 2 aromatic carbocycles. The van der Waals surface area contributed by atoms with Crippen molar-refractivity contribution in [2.45, 2.75) is 33.3 Å². The first-order valence-electron chi connectivity index (χ1n) is 10.5. The first-order valence-corrected chi connectivity index (χ1v) is 11.2. The molecule has 1 saturated heterocycles. The smallest absolute Gasteiger partial charge is 0.410 e. The number of benzene rings is 2. The molecule has 1 amide bonds. The summed E-state index contributed by atoms with van der Waals surface area (Å²) in [5.41, 5.74) is 4.82. The molecule has 0 bridgehead atoms. The Morgan fingerprint density at radius 3 is 2.45 bits per heavy atom. The second-order valence-electron chi connectivity index (χ2n) is 8.84. The van der Waals surface area contributed by atoms with Crippen molar-refractivity contribution >= 4 is 38.6 Å². The van der Waals surface area contributed by atoms with Crippen LogP contribution >= 0.6 is 15.9 Å². The number of ether oxygens (including phenoxy) is 1. The molecular weight excluding hydrogens is 456 g/mol. The van der Waals surface area contributed by atoms with Crippen molar-refractivity contribution in [3.63, 3.8) is 0 Å². The fourth-order valence-electron chi connectivity index (χ4n) is 3.87. The number of halogens is 1. The van der Waals surface area contributed by atoms with Crippen molar-refractivity contribution in [2.24, 2.45) is 0 Å². The quantitative estimate of drug-likeness (QED) is 0.487. The maximum atomic E-state index is 12.3. The van der Waals surface area contributed by atoms with Crippen LogP contribution in [0.4, 0.5) is 10.5 Å². The standard InChI is InChI=1S/C24H27BrN4O2/c1-16-13-17(22-19-14-18(25)6-7-20(19)26-15-27-22)5-8-21(16)28-9-11-29(12-10-28)23(30)31-24(2,3)4/h5-8,13-15H,9-12H2,1-4H3. The van der Waals surface area contributed by atoms with Crippen LogP contribution in [0.15, 0.2) is 47.2 Å². The number of carbonyl (C=O) groups excluding carboxylic acids is 1. The highest BCUT2D eigenvalue weighted by atomic mass is 79.9. The number of carbonyl (C=O) groups is 1. The van der Waals surface area contributed by atoms with Crippen LogP contribution < -0.4 is 4.90 Å². The molecule has 1 aliphatic rings. The molecule has 0 radical (unpaired) electrons. The van der Waals surface area contributed by atoms with Crippen molar-refractivity contribution in [1.82, 2.24) is 14.9 Å². The first-order chi connectivity index (χ1) is 14.7. The lowest BCUT2D eigenvalue weighted by atomic mass is 10.0. The topological polar surface area (TPSA) is 58.6 Å². The van der Waals surface area contributed by atoms with E-state index in [-0.39, 0.29) is 6.09 Å². The third-order valence-electron chi connectivity index (χ3n) is 5.34. The fourth-order valence-corrected chi connectivity index (χ4v) is 4.23. The minimum absolute atomic E-state index is 0.235. The average molecular weight is 483 g/mol. The summed E-state index contributed by atoms with van der Waals surface area (Å²) in [7, 11) is 0. The molecule has 3 aromatic rings. The van der Waals surface area contributed by atoms with E-state index in [1.54, 1.807) is 11.2 Å². The van der Waals surface area contributed by atoms with Gasteiger partial charge in [0.2, 0.25) is 0 Å². The summed E-state index contributed by atoms with van der Waals surface area (Å²) < 4.78 is 6.51. The van der Waals surface area contributed by atoms with Crippen LogP contribution in [0.5, 0.6) is 0 Å². The lowest BCUT2D eigenvalue weighted by Gasteiger charge is -2.37. The Morgan fingerprint density at radius 1 is 1.03 bits per heavy atom. The van der Waals surface area contributed by atoms with Gasteiger partial charge in [-0.15, -0.1) is 0 Å². The summed E-state index contributed by atoms with van der Waals surface area (Å²) in [5.74, 6) is 0. The second-order valence-corrected chi connectivity index (χ2v) is 9.76. The van der Waals surface area contributed by atoms with Gasteiger partial charge in [-0.1, -0.05) is 22.0 Å². The first kappa shape index (κ1) is 21.6. The van der Waals surface area contributed by atoms with Crippen LogP contribution in [0.1, 0.15) is 26.3 Å². The zero-order valence-electron chi connectivity index (χ0n) is 18.4. The van der Waals surface area contributed by atoms with E-state index in [9.17, 15) is 4.79 Å². The molecule has 0 atom stereocenters. The number of nitrogens with zero attached hydrogens (tertiary/aromatic N) is 4.